The SMILES string of the molecule is CC1(C)C2CC[C@]1(CSOOO)C(=O)C2.C[C@@]1(N)CC(=O)NC1=O. The highest BCUT2D eigenvalue weighted by atomic mass is 32.2. The molecule has 1 unspecified atom stereocenters. The molecule has 2 amide bonds. The first-order valence-electron chi connectivity index (χ1n) is 7.83. The van der Waals surface area contributed by atoms with Crippen molar-refractivity contribution < 1.29 is 29.0 Å². The van der Waals surface area contributed by atoms with Crippen molar-refractivity contribution in [2.75, 3.05) is 5.75 Å². The number of imide groups is 1. The van der Waals surface area contributed by atoms with Crippen molar-refractivity contribution in [1.82, 2.24) is 5.32 Å². The second-order valence-electron chi connectivity index (χ2n) is 7.54. The highest BCUT2D eigenvalue weighted by Gasteiger charge is 2.63. The van der Waals surface area contributed by atoms with E-state index in [1.54, 1.807) is 0 Å². The summed E-state index contributed by atoms with van der Waals surface area (Å²) in [6.07, 6.45) is 2.87. The summed E-state index contributed by atoms with van der Waals surface area (Å²) in [6, 6.07) is 0. The second-order valence-corrected chi connectivity index (χ2v) is 8.20. The van der Waals surface area contributed by atoms with Crippen molar-refractivity contribution >= 4 is 29.6 Å². The Morgan fingerprint density at radius 1 is 1.33 bits per heavy atom. The van der Waals surface area contributed by atoms with Crippen LogP contribution in [0.5, 0.6) is 0 Å². The zero-order chi connectivity index (χ0) is 18.2. The van der Waals surface area contributed by atoms with Crippen LogP contribution in [0.25, 0.3) is 0 Å². The third-order valence-corrected chi connectivity index (χ3v) is 6.59. The molecule has 2 bridgehead atoms. The second kappa shape index (κ2) is 6.72. The van der Waals surface area contributed by atoms with Gasteiger partial charge in [-0.1, -0.05) is 18.9 Å². The number of Topliss-reactive ketones (excluding diaryl/α,β-unsaturated/α-hetero) is 1. The summed E-state index contributed by atoms with van der Waals surface area (Å²) in [5, 5.41) is 13.7. The maximum absolute atomic E-state index is 12.0. The molecule has 2 saturated carbocycles. The minimum atomic E-state index is -0.975. The van der Waals surface area contributed by atoms with E-state index < -0.39 is 5.54 Å². The van der Waals surface area contributed by atoms with Gasteiger partial charge in [0.25, 0.3) is 0 Å². The molecule has 0 spiro atoms. The monoisotopic (exact) mass is 360 g/mol. The number of rotatable bonds is 4. The molecule has 3 aliphatic rings. The lowest BCUT2D eigenvalue weighted by molar-refractivity contribution is -0.432. The Kier molecular flexibility index (Phi) is 5.41. The lowest BCUT2D eigenvalue weighted by Gasteiger charge is -2.35. The Labute approximate surface area is 144 Å². The number of nitrogens with two attached hydrogens (primary N) is 1. The molecule has 1 heterocycles. The van der Waals surface area contributed by atoms with Crippen LogP contribution in [0.1, 0.15) is 46.5 Å². The van der Waals surface area contributed by atoms with Gasteiger partial charge in [-0.3, -0.25) is 19.7 Å². The molecule has 4 N–H and O–H groups in total. The smallest absolute Gasteiger partial charge is 0.246 e. The number of carbonyl (C=O) groups excluding carboxylic acids is 3. The number of fused-ring (bicyclic) bond motifs is 2. The Morgan fingerprint density at radius 2 is 2.00 bits per heavy atom. The average Bonchev–Trinajstić information content (AvgIpc) is 2.93. The summed E-state index contributed by atoms with van der Waals surface area (Å²) in [7, 11) is 0. The Morgan fingerprint density at radius 3 is 2.33 bits per heavy atom. The van der Waals surface area contributed by atoms with Gasteiger partial charge >= 0.3 is 0 Å². The lowest BCUT2D eigenvalue weighted by atomic mass is 9.70. The molecule has 3 fully saturated rings. The quantitative estimate of drug-likeness (QED) is 0.224. The van der Waals surface area contributed by atoms with Crippen LogP contribution < -0.4 is 11.1 Å². The van der Waals surface area contributed by atoms with Gasteiger partial charge in [-0.2, -0.15) is 0 Å². The molecule has 8 nitrogen and oxygen atoms in total. The van der Waals surface area contributed by atoms with Crippen LogP contribution in [0.15, 0.2) is 0 Å². The molecule has 1 saturated heterocycles. The van der Waals surface area contributed by atoms with Crippen LogP contribution >= 0.6 is 12.0 Å². The van der Waals surface area contributed by atoms with E-state index in [0.29, 0.717) is 23.9 Å². The van der Waals surface area contributed by atoms with Crippen molar-refractivity contribution in [2.24, 2.45) is 22.5 Å². The number of ketones is 1. The van der Waals surface area contributed by atoms with Crippen LogP contribution in [0, 0.1) is 16.7 Å². The summed E-state index contributed by atoms with van der Waals surface area (Å²) in [5.74, 6) is 0.756. The summed E-state index contributed by atoms with van der Waals surface area (Å²) < 4.78 is 4.40. The van der Waals surface area contributed by atoms with Gasteiger partial charge in [0, 0.05) is 29.6 Å². The standard InChI is InChI=1S/C10H16O4S.C5H8N2O2/c1-9(2)7-3-4-10(9,8(11)5-7)6-15-14-13-12;1-5(6)2-3(8)7-4(5)9/h7,12H,3-6H2,1-2H3;2,6H2,1H3,(H,7,8,9)/t7?,10-;5-/m01/s1. The van der Waals surface area contributed by atoms with Crippen LogP contribution in [-0.4, -0.2) is 34.1 Å². The first-order chi connectivity index (χ1) is 11.1. The number of amides is 2. The highest BCUT2D eigenvalue weighted by molar-refractivity contribution is 7.94. The normalized spacial score (nSPS) is 36.5. The molecule has 2 aliphatic carbocycles. The van der Waals surface area contributed by atoms with E-state index in [-0.39, 0.29) is 29.1 Å². The highest BCUT2D eigenvalue weighted by Crippen LogP contribution is 2.64. The lowest BCUT2D eigenvalue weighted by Crippen LogP contribution is -2.43. The predicted octanol–water partition coefficient (Wildman–Crippen LogP) is 1.20. The summed E-state index contributed by atoms with van der Waals surface area (Å²) in [5.41, 5.74) is 4.18. The van der Waals surface area contributed by atoms with Crippen molar-refractivity contribution in [3.63, 3.8) is 0 Å². The summed E-state index contributed by atoms with van der Waals surface area (Å²) in [6.45, 7) is 5.86. The van der Waals surface area contributed by atoms with E-state index >= 15 is 0 Å². The molecule has 0 aromatic heterocycles. The van der Waals surface area contributed by atoms with E-state index in [1.165, 1.54) is 6.92 Å². The summed E-state index contributed by atoms with van der Waals surface area (Å²) >= 11 is 1.01. The third kappa shape index (κ3) is 3.23. The molecule has 3 rings (SSSR count). The Balaban J connectivity index is 0.000000198. The minimum absolute atomic E-state index is 0.0515. The fourth-order valence-corrected chi connectivity index (χ4v) is 4.95. The topological polar surface area (TPSA) is 128 Å². The molecular formula is C15H24N2O6S. The minimum Gasteiger partial charge on any atom is -0.317 e. The van der Waals surface area contributed by atoms with Gasteiger partial charge in [0.2, 0.25) is 11.8 Å². The molecule has 24 heavy (non-hydrogen) atoms. The first kappa shape index (κ1) is 19.3. The molecule has 136 valence electrons. The molecule has 0 aromatic rings. The zero-order valence-corrected chi connectivity index (χ0v) is 14.9. The predicted molar refractivity (Wildman–Crippen MR) is 86.2 cm³/mol. The van der Waals surface area contributed by atoms with Gasteiger partial charge in [0.15, 0.2) is 0 Å². The largest absolute Gasteiger partial charge is 0.317 e. The van der Waals surface area contributed by atoms with Gasteiger partial charge in [-0.15, -0.1) is 4.33 Å². The number of carbonyl (C=O) groups is 3. The van der Waals surface area contributed by atoms with Gasteiger partial charge in [0.1, 0.15) is 11.3 Å². The van der Waals surface area contributed by atoms with Crippen LogP contribution in [0.3, 0.4) is 0 Å². The maximum atomic E-state index is 12.0. The fourth-order valence-electron chi connectivity index (χ4n) is 3.98. The van der Waals surface area contributed by atoms with E-state index in [1.807, 2.05) is 0 Å². The summed E-state index contributed by atoms with van der Waals surface area (Å²) in [4.78, 5) is 33.1. The average molecular weight is 360 g/mol. The molecule has 1 aliphatic heterocycles. The molecule has 3 atom stereocenters. The van der Waals surface area contributed by atoms with E-state index in [9.17, 15) is 14.4 Å². The molecule has 9 heteroatoms. The van der Waals surface area contributed by atoms with Crippen molar-refractivity contribution in [3.8, 4) is 0 Å². The maximum Gasteiger partial charge on any atom is 0.246 e. The van der Waals surface area contributed by atoms with E-state index in [0.717, 1.165) is 24.9 Å². The van der Waals surface area contributed by atoms with Gasteiger partial charge < -0.3 is 5.73 Å². The Hall–Kier alpha value is -1.00. The first-order valence-corrected chi connectivity index (χ1v) is 8.74. The number of hydrogen-bond acceptors (Lipinski definition) is 8. The van der Waals surface area contributed by atoms with Gasteiger partial charge in [-0.25, -0.2) is 5.26 Å². The van der Waals surface area contributed by atoms with Crippen LogP contribution in [-0.2, 0) is 23.8 Å². The van der Waals surface area contributed by atoms with E-state index in [2.05, 4.69) is 28.5 Å². The fraction of sp³-hybridized carbons (Fsp3) is 0.800. The molecule has 0 radical (unpaired) electrons. The molecular weight excluding hydrogens is 336 g/mol. The zero-order valence-electron chi connectivity index (χ0n) is 14.1. The molecule has 0 aromatic carbocycles. The van der Waals surface area contributed by atoms with Crippen LogP contribution in [0.2, 0.25) is 0 Å². The number of hydrogen-bond donors (Lipinski definition) is 3. The van der Waals surface area contributed by atoms with Gasteiger partial charge in [-0.05, 0) is 31.1 Å². The third-order valence-electron chi connectivity index (χ3n) is 5.82. The Bertz CT molecular complexity index is 550. The van der Waals surface area contributed by atoms with Crippen LogP contribution in [0.4, 0.5) is 0 Å². The van der Waals surface area contributed by atoms with Crippen molar-refractivity contribution in [2.45, 2.75) is 52.0 Å². The van der Waals surface area contributed by atoms with Crippen molar-refractivity contribution in [1.29, 1.82) is 0 Å². The van der Waals surface area contributed by atoms with Crippen molar-refractivity contribution in [3.05, 3.63) is 0 Å². The number of nitrogens with one attached hydrogen (secondary N) is 1. The van der Waals surface area contributed by atoms with E-state index in [4.69, 9.17) is 11.0 Å². The van der Waals surface area contributed by atoms with Gasteiger partial charge in [0.05, 0.1) is 6.42 Å².